The summed E-state index contributed by atoms with van der Waals surface area (Å²) >= 11 is 1.04. The summed E-state index contributed by atoms with van der Waals surface area (Å²) in [5.41, 5.74) is 0.804. The van der Waals surface area contributed by atoms with Gasteiger partial charge in [-0.05, 0) is 42.3 Å². The SMILES string of the molecule is CCOC(=O)C1=C(c2ccccc2)N=c2s/c(=C\c3cc(OC)c(O)c([N+](=O)[O-])c3)c(=O)n2[C@H]1c1ccc(OC)c(OC)c1. The molecule has 1 aliphatic rings. The molecule has 0 saturated carbocycles. The van der Waals surface area contributed by atoms with Crippen LogP contribution >= 0.6 is 11.3 Å². The normalized spacial score (nSPS) is 14.5. The van der Waals surface area contributed by atoms with E-state index in [-0.39, 0.29) is 32.8 Å². The lowest BCUT2D eigenvalue weighted by Crippen LogP contribution is -2.40. The third-order valence-electron chi connectivity index (χ3n) is 6.89. The van der Waals surface area contributed by atoms with Crippen molar-refractivity contribution in [3.05, 3.63) is 113 Å². The second kappa shape index (κ2) is 12.4. The topological polar surface area (TPSA) is 152 Å². The Morgan fingerprint density at radius 2 is 1.75 bits per heavy atom. The molecule has 0 amide bonds. The van der Waals surface area contributed by atoms with Crippen LogP contribution < -0.4 is 29.1 Å². The fourth-order valence-electron chi connectivity index (χ4n) is 4.92. The third kappa shape index (κ3) is 5.40. The zero-order valence-corrected chi connectivity index (χ0v) is 24.9. The number of fused-ring (bicyclic) bond motifs is 1. The van der Waals surface area contributed by atoms with E-state index in [4.69, 9.17) is 23.9 Å². The van der Waals surface area contributed by atoms with Crippen LogP contribution in [-0.2, 0) is 9.53 Å². The molecular formula is C31H27N3O9S. The highest BCUT2D eigenvalue weighted by atomic mass is 32.1. The highest BCUT2D eigenvalue weighted by Gasteiger charge is 2.35. The summed E-state index contributed by atoms with van der Waals surface area (Å²) in [7, 11) is 4.25. The maximum absolute atomic E-state index is 14.1. The van der Waals surface area contributed by atoms with E-state index in [2.05, 4.69) is 0 Å². The highest BCUT2D eigenvalue weighted by Crippen LogP contribution is 2.39. The number of hydrogen-bond donors (Lipinski definition) is 1. The average molecular weight is 618 g/mol. The van der Waals surface area contributed by atoms with Crippen molar-refractivity contribution < 1.29 is 33.8 Å². The van der Waals surface area contributed by atoms with E-state index in [9.17, 15) is 24.8 Å². The van der Waals surface area contributed by atoms with Gasteiger partial charge in [-0.25, -0.2) is 9.79 Å². The van der Waals surface area contributed by atoms with Crippen molar-refractivity contribution in [2.45, 2.75) is 13.0 Å². The first-order chi connectivity index (χ1) is 21.2. The molecule has 1 atom stereocenters. The van der Waals surface area contributed by atoms with Gasteiger partial charge < -0.3 is 24.1 Å². The number of benzene rings is 3. The molecule has 1 N–H and O–H groups in total. The van der Waals surface area contributed by atoms with Crippen LogP contribution in [0.2, 0.25) is 0 Å². The van der Waals surface area contributed by atoms with Crippen molar-refractivity contribution in [3.8, 4) is 23.0 Å². The molecule has 0 fully saturated rings. The van der Waals surface area contributed by atoms with E-state index < -0.39 is 33.9 Å². The van der Waals surface area contributed by atoms with Gasteiger partial charge in [-0.1, -0.05) is 47.7 Å². The van der Waals surface area contributed by atoms with Gasteiger partial charge in [0.2, 0.25) is 5.75 Å². The molecule has 0 unspecified atom stereocenters. The molecule has 0 bridgehead atoms. The number of carbonyl (C=O) groups excluding carboxylic acids is 1. The number of hydrogen-bond acceptors (Lipinski definition) is 11. The third-order valence-corrected chi connectivity index (χ3v) is 7.87. The minimum absolute atomic E-state index is 0.0922. The van der Waals surface area contributed by atoms with Crippen molar-refractivity contribution in [2.24, 2.45) is 4.99 Å². The number of nitro benzene ring substituents is 1. The zero-order chi connectivity index (χ0) is 31.5. The second-order valence-corrected chi connectivity index (χ2v) is 10.4. The molecule has 13 heteroatoms. The Kier molecular flexibility index (Phi) is 8.49. The number of nitrogens with zero attached hydrogens (tertiary/aromatic N) is 3. The number of rotatable bonds is 9. The molecule has 4 aromatic rings. The summed E-state index contributed by atoms with van der Waals surface area (Å²) in [5, 5.41) is 21.8. The smallest absolute Gasteiger partial charge is 0.338 e. The molecule has 12 nitrogen and oxygen atoms in total. The van der Waals surface area contributed by atoms with Crippen molar-refractivity contribution >= 4 is 34.8 Å². The highest BCUT2D eigenvalue weighted by molar-refractivity contribution is 7.07. The van der Waals surface area contributed by atoms with Gasteiger partial charge in [0.05, 0.1) is 54.7 Å². The van der Waals surface area contributed by atoms with E-state index >= 15 is 0 Å². The van der Waals surface area contributed by atoms with Gasteiger partial charge in [-0.2, -0.15) is 0 Å². The number of nitro groups is 1. The van der Waals surface area contributed by atoms with Crippen LogP contribution in [0.5, 0.6) is 23.0 Å². The van der Waals surface area contributed by atoms with Gasteiger partial charge in [-0.3, -0.25) is 19.5 Å². The molecule has 226 valence electrons. The molecule has 3 aromatic carbocycles. The average Bonchev–Trinajstić information content (AvgIpc) is 3.34. The van der Waals surface area contributed by atoms with Crippen LogP contribution in [0.1, 0.15) is 29.7 Å². The lowest BCUT2D eigenvalue weighted by molar-refractivity contribution is -0.386. The van der Waals surface area contributed by atoms with Gasteiger partial charge in [0.1, 0.15) is 0 Å². The Labute approximate surface area is 254 Å². The number of phenols is 1. The van der Waals surface area contributed by atoms with Gasteiger partial charge >= 0.3 is 11.7 Å². The van der Waals surface area contributed by atoms with E-state index in [1.807, 2.05) is 18.2 Å². The van der Waals surface area contributed by atoms with Gasteiger partial charge in [-0.15, -0.1) is 0 Å². The van der Waals surface area contributed by atoms with Crippen LogP contribution in [0.4, 0.5) is 5.69 Å². The molecule has 0 saturated heterocycles. The summed E-state index contributed by atoms with van der Waals surface area (Å²) in [6.07, 6.45) is 1.45. The largest absolute Gasteiger partial charge is 0.500 e. The minimum Gasteiger partial charge on any atom is -0.500 e. The predicted octanol–water partition coefficient (Wildman–Crippen LogP) is 3.58. The van der Waals surface area contributed by atoms with Crippen molar-refractivity contribution in [2.75, 3.05) is 27.9 Å². The number of aromatic nitrogens is 1. The standard InChI is InChI=1S/C31H27N3O9S/c1-5-43-30(37)25-26(18-9-7-6-8-10-18)32-31-33(27(25)19-11-12-21(40-2)22(16-19)41-3)29(36)24(44-31)15-17-13-20(34(38)39)28(35)23(14-17)42-4/h6-16,27,35H,5H2,1-4H3/b24-15-/t27-/m0/s1. The van der Waals surface area contributed by atoms with Crippen molar-refractivity contribution in [3.63, 3.8) is 0 Å². The molecule has 1 aliphatic heterocycles. The summed E-state index contributed by atoms with van der Waals surface area (Å²) < 4.78 is 23.1. The predicted molar refractivity (Wildman–Crippen MR) is 162 cm³/mol. The number of phenolic OH excluding ortho intramolecular Hbond substituents is 1. The summed E-state index contributed by atoms with van der Waals surface area (Å²) in [4.78, 5) is 43.7. The molecule has 5 rings (SSSR count). The van der Waals surface area contributed by atoms with E-state index in [0.717, 1.165) is 17.4 Å². The zero-order valence-electron chi connectivity index (χ0n) is 24.1. The minimum atomic E-state index is -0.980. The quantitative estimate of drug-likeness (QED) is 0.169. The van der Waals surface area contributed by atoms with E-state index in [1.54, 1.807) is 37.3 Å². The Morgan fingerprint density at radius 1 is 1.05 bits per heavy atom. The maximum atomic E-state index is 14.1. The fraction of sp³-hybridized carbons (Fsp3) is 0.194. The lowest BCUT2D eigenvalue weighted by Gasteiger charge is -2.26. The van der Waals surface area contributed by atoms with Crippen molar-refractivity contribution in [1.82, 2.24) is 4.57 Å². The Morgan fingerprint density at radius 3 is 2.39 bits per heavy atom. The molecule has 44 heavy (non-hydrogen) atoms. The number of methoxy groups -OCH3 is 3. The second-order valence-electron chi connectivity index (χ2n) is 9.39. The molecule has 1 aromatic heterocycles. The monoisotopic (exact) mass is 617 g/mol. The number of thiazole rings is 1. The number of carbonyl (C=O) groups is 1. The number of ether oxygens (including phenoxy) is 4. The molecule has 0 aliphatic carbocycles. The summed E-state index contributed by atoms with van der Waals surface area (Å²) in [5.74, 6) is -0.565. The molecule has 2 heterocycles. The Bertz CT molecular complexity index is 1980. The van der Waals surface area contributed by atoms with Crippen LogP contribution in [0.15, 0.2) is 76.0 Å². The first-order valence-electron chi connectivity index (χ1n) is 13.3. The van der Waals surface area contributed by atoms with E-state index in [1.165, 1.54) is 38.0 Å². The fourth-order valence-corrected chi connectivity index (χ4v) is 5.92. The van der Waals surface area contributed by atoms with Gasteiger partial charge in [0.15, 0.2) is 22.0 Å². The van der Waals surface area contributed by atoms with Gasteiger partial charge in [0.25, 0.3) is 5.56 Å². The maximum Gasteiger partial charge on any atom is 0.338 e. The number of esters is 1. The van der Waals surface area contributed by atoms with Gasteiger partial charge in [0, 0.05) is 11.6 Å². The Balaban J connectivity index is 1.84. The lowest BCUT2D eigenvalue weighted by atomic mass is 9.93. The first-order valence-corrected chi connectivity index (χ1v) is 14.1. The molecule has 0 radical (unpaired) electrons. The first kappa shape index (κ1) is 30.0. The van der Waals surface area contributed by atoms with Crippen LogP contribution in [0, 0.1) is 10.1 Å². The van der Waals surface area contributed by atoms with E-state index in [0.29, 0.717) is 28.3 Å². The van der Waals surface area contributed by atoms with Crippen LogP contribution in [0.25, 0.3) is 11.8 Å². The summed E-state index contributed by atoms with van der Waals surface area (Å²) in [6.45, 7) is 1.78. The number of aromatic hydroxyl groups is 1. The Hall–Kier alpha value is -5.43. The van der Waals surface area contributed by atoms with Crippen LogP contribution in [0.3, 0.4) is 0 Å². The molecular weight excluding hydrogens is 590 g/mol. The summed E-state index contributed by atoms with van der Waals surface area (Å²) in [6, 6.07) is 15.7. The molecule has 0 spiro atoms. The van der Waals surface area contributed by atoms with Crippen LogP contribution in [-0.4, -0.2) is 48.5 Å². The van der Waals surface area contributed by atoms with Crippen molar-refractivity contribution in [1.29, 1.82) is 0 Å².